The predicted octanol–water partition coefficient (Wildman–Crippen LogP) is 2.14. The van der Waals surface area contributed by atoms with Crippen molar-refractivity contribution in [1.82, 2.24) is 5.32 Å². The minimum atomic E-state index is -0.504. The highest BCUT2D eigenvalue weighted by molar-refractivity contribution is 6.30. The molecule has 0 aliphatic rings. The molecule has 7 heteroatoms. The summed E-state index contributed by atoms with van der Waals surface area (Å²) in [5.41, 5.74) is 5.97. The Bertz CT molecular complexity index is 431. The third kappa shape index (κ3) is 8.78. The van der Waals surface area contributed by atoms with Gasteiger partial charge in [0.2, 0.25) is 0 Å². The number of primary amides is 1. The first kappa shape index (κ1) is 20.0. The lowest BCUT2D eigenvalue weighted by atomic mass is 10.2. The van der Waals surface area contributed by atoms with Gasteiger partial charge >= 0.3 is 0 Å². The van der Waals surface area contributed by atoms with E-state index in [4.69, 9.17) is 26.8 Å². The third-order valence-electron chi connectivity index (χ3n) is 2.55. The summed E-state index contributed by atoms with van der Waals surface area (Å²) < 4.78 is 10.6. The van der Waals surface area contributed by atoms with Crippen molar-refractivity contribution in [1.29, 1.82) is 0 Å². The lowest BCUT2D eigenvalue weighted by Crippen LogP contribution is -2.21. The summed E-state index contributed by atoms with van der Waals surface area (Å²) in [5.74, 6) is 0.112. The van der Waals surface area contributed by atoms with E-state index in [2.05, 4.69) is 5.32 Å². The first-order chi connectivity index (χ1) is 9.63. The highest BCUT2D eigenvalue weighted by atomic mass is 35.5. The van der Waals surface area contributed by atoms with Gasteiger partial charge in [-0.05, 0) is 38.1 Å². The SMILES string of the molecule is CCOCCCNCc1cc(Cl)ccc1OCC(N)=O.Cl. The van der Waals surface area contributed by atoms with Crippen LogP contribution in [0.5, 0.6) is 5.75 Å². The Kier molecular flexibility index (Phi) is 11.1. The third-order valence-corrected chi connectivity index (χ3v) is 2.79. The van der Waals surface area contributed by atoms with E-state index in [9.17, 15) is 4.79 Å². The molecule has 1 aromatic carbocycles. The first-order valence-corrected chi connectivity index (χ1v) is 6.99. The molecule has 0 aromatic heterocycles. The second-order valence-electron chi connectivity index (χ2n) is 4.23. The molecule has 0 spiro atoms. The van der Waals surface area contributed by atoms with E-state index < -0.39 is 5.91 Å². The number of halogens is 2. The minimum absolute atomic E-state index is 0. The highest BCUT2D eigenvalue weighted by Crippen LogP contribution is 2.22. The Morgan fingerprint density at radius 3 is 2.86 bits per heavy atom. The average molecular weight is 337 g/mol. The van der Waals surface area contributed by atoms with Crippen LogP contribution in [0.1, 0.15) is 18.9 Å². The summed E-state index contributed by atoms with van der Waals surface area (Å²) in [5, 5.41) is 3.91. The van der Waals surface area contributed by atoms with Gasteiger partial charge in [0.25, 0.3) is 5.91 Å². The van der Waals surface area contributed by atoms with Gasteiger partial charge in [0.05, 0.1) is 0 Å². The Morgan fingerprint density at radius 1 is 1.43 bits per heavy atom. The Morgan fingerprint density at radius 2 is 2.19 bits per heavy atom. The zero-order valence-corrected chi connectivity index (χ0v) is 13.6. The van der Waals surface area contributed by atoms with Crippen LogP contribution in [0.15, 0.2) is 18.2 Å². The fourth-order valence-corrected chi connectivity index (χ4v) is 1.84. The van der Waals surface area contributed by atoms with E-state index in [0.717, 1.165) is 31.7 Å². The smallest absolute Gasteiger partial charge is 0.255 e. The number of amides is 1. The van der Waals surface area contributed by atoms with Crippen LogP contribution < -0.4 is 15.8 Å². The lowest BCUT2D eigenvalue weighted by molar-refractivity contribution is -0.119. The van der Waals surface area contributed by atoms with Crippen molar-refractivity contribution in [2.24, 2.45) is 5.73 Å². The Hall–Kier alpha value is -1.01. The summed E-state index contributed by atoms with van der Waals surface area (Å²) in [6.45, 7) is 4.76. The molecule has 0 bridgehead atoms. The number of hydrogen-bond donors (Lipinski definition) is 2. The molecular weight excluding hydrogens is 315 g/mol. The number of hydrogen-bond acceptors (Lipinski definition) is 4. The van der Waals surface area contributed by atoms with Crippen LogP contribution in [-0.2, 0) is 16.1 Å². The second-order valence-corrected chi connectivity index (χ2v) is 4.67. The number of carbonyl (C=O) groups is 1. The van der Waals surface area contributed by atoms with Gasteiger partial charge in [-0.1, -0.05) is 11.6 Å². The number of rotatable bonds is 10. The standard InChI is InChI=1S/C14H21ClN2O3.ClH/c1-2-19-7-3-6-17-9-11-8-12(15)4-5-13(11)20-10-14(16)18;/h4-5,8,17H,2-3,6-7,9-10H2,1H3,(H2,16,18);1H. The van der Waals surface area contributed by atoms with Gasteiger partial charge in [0.15, 0.2) is 6.61 Å². The van der Waals surface area contributed by atoms with Crippen LogP contribution in [-0.4, -0.2) is 32.3 Å². The van der Waals surface area contributed by atoms with Gasteiger partial charge in [-0.3, -0.25) is 4.79 Å². The Labute approximate surface area is 136 Å². The molecule has 3 N–H and O–H groups in total. The fourth-order valence-electron chi connectivity index (χ4n) is 1.64. The number of ether oxygens (including phenoxy) is 2. The maximum atomic E-state index is 10.8. The first-order valence-electron chi connectivity index (χ1n) is 6.61. The van der Waals surface area contributed by atoms with Gasteiger partial charge in [0, 0.05) is 30.3 Å². The van der Waals surface area contributed by atoms with Crippen molar-refractivity contribution in [2.45, 2.75) is 19.9 Å². The fraction of sp³-hybridized carbons (Fsp3) is 0.500. The molecule has 0 aliphatic heterocycles. The van der Waals surface area contributed by atoms with E-state index >= 15 is 0 Å². The number of nitrogens with two attached hydrogens (primary N) is 1. The van der Waals surface area contributed by atoms with Crippen molar-refractivity contribution < 1.29 is 14.3 Å². The maximum absolute atomic E-state index is 10.8. The predicted molar refractivity (Wildman–Crippen MR) is 86.2 cm³/mol. The summed E-state index contributed by atoms with van der Waals surface area (Å²) in [7, 11) is 0. The van der Waals surface area contributed by atoms with Crippen molar-refractivity contribution in [3.05, 3.63) is 28.8 Å². The van der Waals surface area contributed by atoms with Crippen LogP contribution in [0.25, 0.3) is 0 Å². The van der Waals surface area contributed by atoms with E-state index in [1.54, 1.807) is 12.1 Å². The molecule has 0 fully saturated rings. The van der Waals surface area contributed by atoms with E-state index in [0.29, 0.717) is 17.3 Å². The molecule has 0 saturated carbocycles. The van der Waals surface area contributed by atoms with E-state index in [-0.39, 0.29) is 19.0 Å². The van der Waals surface area contributed by atoms with Gasteiger partial charge in [-0.25, -0.2) is 0 Å². The van der Waals surface area contributed by atoms with Crippen molar-refractivity contribution in [3.8, 4) is 5.75 Å². The number of benzene rings is 1. The van der Waals surface area contributed by atoms with Gasteiger partial charge in [0.1, 0.15) is 5.75 Å². The zero-order chi connectivity index (χ0) is 14.8. The monoisotopic (exact) mass is 336 g/mol. The summed E-state index contributed by atoms with van der Waals surface area (Å²) in [4.78, 5) is 10.8. The van der Waals surface area contributed by atoms with E-state index in [1.165, 1.54) is 0 Å². The lowest BCUT2D eigenvalue weighted by Gasteiger charge is -2.12. The van der Waals surface area contributed by atoms with Crippen LogP contribution in [0.3, 0.4) is 0 Å². The summed E-state index contributed by atoms with van der Waals surface area (Å²) in [6.07, 6.45) is 0.936. The van der Waals surface area contributed by atoms with Crippen LogP contribution in [0.2, 0.25) is 5.02 Å². The molecule has 1 amide bonds. The molecule has 5 nitrogen and oxygen atoms in total. The van der Waals surface area contributed by atoms with Gasteiger partial charge < -0.3 is 20.5 Å². The minimum Gasteiger partial charge on any atom is -0.483 e. The topological polar surface area (TPSA) is 73.6 Å². The quantitative estimate of drug-likeness (QED) is 0.642. The van der Waals surface area contributed by atoms with Crippen molar-refractivity contribution in [2.75, 3.05) is 26.4 Å². The maximum Gasteiger partial charge on any atom is 0.255 e. The van der Waals surface area contributed by atoms with Crippen molar-refractivity contribution >= 4 is 29.9 Å². The Balaban J connectivity index is 0.00000400. The molecule has 0 aliphatic carbocycles. The van der Waals surface area contributed by atoms with Gasteiger partial charge in [-0.15, -0.1) is 12.4 Å². The molecule has 1 rings (SSSR count). The average Bonchev–Trinajstić information content (AvgIpc) is 2.41. The molecule has 0 radical (unpaired) electrons. The highest BCUT2D eigenvalue weighted by Gasteiger charge is 2.06. The molecule has 1 aromatic rings. The normalized spacial score (nSPS) is 10.0. The number of carbonyl (C=O) groups excluding carboxylic acids is 1. The second kappa shape index (κ2) is 11.6. The number of nitrogens with one attached hydrogen (secondary N) is 1. The van der Waals surface area contributed by atoms with Crippen LogP contribution in [0.4, 0.5) is 0 Å². The summed E-state index contributed by atoms with van der Waals surface area (Å²) >= 11 is 5.97. The molecule has 0 atom stereocenters. The molecular formula is C14H22Cl2N2O3. The molecule has 21 heavy (non-hydrogen) atoms. The molecule has 0 unspecified atom stereocenters. The molecule has 120 valence electrons. The van der Waals surface area contributed by atoms with Crippen molar-refractivity contribution in [3.63, 3.8) is 0 Å². The molecule has 0 heterocycles. The molecule has 0 saturated heterocycles. The van der Waals surface area contributed by atoms with Gasteiger partial charge in [-0.2, -0.15) is 0 Å². The summed E-state index contributed by atoms with van der Waals surface area (Å²) in [6, 6.07) is 5.27. The van der Waals surface area contributed by atoms with E-state index in [1.807, 2.05) is 13.0 Å². The van der Waals surface area contributed by atoms with Crippen LogP contribution in [0, 0.1) is 0 Å². The zero-order valence-electron chi connectivity index (χ0n) is 12.1. The van der Waals surface area contributed by atoms with Crippen LogP contribution >= 0.6 is 24.0 Å². The largest absolute Gasteiger partial charge is 0.483 e.